The van der Waals surface area contributed by atoms with Gasteiger partial charge in [-0.05, 0) is 37.0 Å². The highest BCUT2D eigenvalue weighted by Gasteiger charge is 2.42. The second-order valence-corrected chi connectivity index (χ2v) is 16.8. The van der Waals surface area contributed by atoms with Crippen LogP contribution in [-0.4, -0.2) is 112 Å². The molecule has 3 heterocycles. The van der Waals surface area contributed by atoms with Gasteiger partial charge in [0.05, 0.1) is 28.2 Å². The van der Waals surface area contributed by atoms with Crippen molar-refractivity contribution in [2.45, 2.75) is 143 Å². The fourth-order valence-electron chi connectivity index (χ4n) is 5.78. The Morgan fingerprint density at radius 1 is 0.769 bits per heavy atom. The number of carbonyl (C=O) groups is 5. The molecule has 0 aliphatic carbocycles. The molecule has 0 aromatic heterocycles. The summed E-state index contributed by atoms with van der Waals surface area (Å²) >= 11 is 2.91. The van der Waals surface area contributed by atoms with E-state index in [2.05, 4.69) is 26.3 Å². The number of thioether (sulfide) groups is 2. The third kappa shape index (κ3) is 11.0. The van der Waals surface area contributed by atoms with E-state index in [9.17, 15) is 24.0 Å². The first-order valence-electron chi connectivity index (χ1n) is 18.6. The van der Waals surface area contributed by atoms with E-state index in [4.69, 9.17) is 20.5 Å². The molecule has 3 aliphatic rings. The van der Waals surface area contributed by atoms with Gasteiger partial charge in [0, 0.05) is 11.5 Å². The average molecular weight is 765 g/mol. The summed E-state index contributed by atoms with van der Waals surface area (Å²) in [6.45, 7) is 19.4. The van der Waals surface area contributed by atoms with Crippen LogP contribution in [0, 0.1) is 23.7 Å². The first kappa shape index (κ1) is 43.4. The van der Waals surface area contributed by atoms with E-state index in [0.29, 0.717) is 41.6 Å². The van der Waals surface area contributed by atoms with Gasteiger partial charge >= 0.3 is 0 Å². The van der Waals surface area contributed by atoms with E-state index in [1.807, 2.05) is 55.4 Å². The van der Waals surface area contributed by atoms with Crippen LogP contribution in [0.2, 0.25) is 0 Å². The van der Waals surface area contributed by atoms with Gasteiger partial charge < -0.3 is 36.5 Å². The quantitative estimate of drug-likeness (QED) is 0.122. The molecule has 14 nitrogen and oxygen atoms in total. The molecule has 0 bridgehead atoms. The first-order valence-corrected chi connectivity index (χ1v) is 20.6. The van der Waals surface area contributed by atoms with Crippen molar-refractivity contribution in [3.63, 3.8) is 0 Å². The number of carbonyl (C=O) groups excluding carboxylic acids is 5. The van der Waals surface area contributed by atoms with Gasteiger partial charge in [0.2, 0.25) is 29.5 Å². The lowest BCUT2D eigenvalue weighted by Gasteiger charge is -2.25. The Bertz CT molecular complexity index is 1390. The molecule has 0 aromatic rings. The maximum Gasteiger partial charge on any atom is 0.249 e. The second-order valence-electron chi connectivity index (χ2n) is 14.7. The molecule has 0 saturated carbocycles. The monoisotopic (exact) mass is 764 g/mol. The fraction of sp³-hybridized carbons (Fsp3) is 0.778. The number of nitrogens with one attached hydrogen (secondary N) is 4. The predicted octanol–water partition coefficient (Wildman–Crippen LogP) is 2.48. The number of hydrogen-bond donors (Lipinski definition) is 5. The van der Waals surface area contributed by atoms with Crippen LogP contribution in [0.1, 0.15) is 88.5 Å². The number of ether oxygens (including phenoxy) is 1. The number of aliphatic imine (C=N–C) groups is 3. The second kappa shape index (κ2) is 19.9. The van der Waals surface area contributed by atoms with E-state index in [1.165, 1.54) is 23.5 Å². The molecule has 0 spiro atoms. The zero-order chi connectivity index (χ0) is 38.9. The number of hydrogen-bond acceptors (Lipinski definition) is 12. The molecule has 6 N–H and O–H groups in total. The van der Waals surface area contributed by atoms with Gasteiger partial charge in [-0.15, -0.1) is 23.5 Å². The number of aldehydes is 1. The van der Waals surface area contributed by atoms with Crippen LogP contribution in [-0.2, 0) is 28.7 Å². The van der Waals surface area contributed by atoms with Crippen molar-refractivity contribution in [3.05, 3.63) is 0 Å². The molecule has 16 heteroatoms. The van der Waals surface area contributed by atoms with Crippen molar-refractivity contribution in [1.82, 2.24) is 21.3 Å². The maximum atomic E-state index is 13.8. The Kier molecular flexibility index (Phi) is 16.6. The minimum absolute atomic E-state index is 0.0213. The van der Waals surface area contributed by atoms with Crippen LogP contribution in [0.25, 0.3) is 0 Å². The van der Waals surface area contributed by atoms with Crippen molar-refractivity contribution >= 4 is 69.4 Å². The van der Waals surface area contributed by atoms with Crippen molar-refractivity contribution in [2.75, 3.05) is 11.5 Å². The SMILES string of the molecule is CCC(C)[C@H](NC(=O)C1CSC([C@H](NC(=O)[C@H]2N=C(C(NC(=O)C3CSC([C@H](N)C(C)C)=N3)[C@@H](C)CC)O[C@@H]2C)C(C)C)=N1)C(=O)N[C@H](C=O)CC. The third-order valence-corrected chi connectivity index (χ3v) is 12.3. The highest BCUT2D eigenvalue weighted by molar-refractivity contribution is 8.14. The lowest BCUT2D eigenvalue weighted by atomic mass is 9.97. The predicted molar refractivity (Wildman–Crippen MR) is 210 cm³/mol. The van der Waals surface area contributed by atoms with Gasteiger partial charge in [-0.2, -0.15) is 0 Å². The molecule has 0 fully saturated rings. The van der Waals surface area contributed by atoms with E-state index >= 15 is 0 Å². The Balaban J connectivity index is 1.72. The van der Waals surface area contributed by atoms with Gasteiger partial charge in [0.15, 0.2) is 6.04 Å². The van der Waals surface area contributed by atoms with E-state index in [1.54, 1.807) is 13.8 Å². The summed E-state index contributed by atoms with van der Waals surface area (Å²) < 4.78 is 6.15. The molecule has 0 saturated heterocycles. The molecule has 3 aliphatic heterocycles. The van der Waals surface area contributed by atoms with Gasteiger partial charge in [-0.25, -0.2) is 4.99 Å². The largest absolute Gasteiger partial charge is 0.474 e. The van der Waals surface area contributed by atoms with E-state index in [-0.39, 0.29) is 47.4 Å². The zero-order valence-corrected chi connectivity index (χ0v) is 33.9. The zero-order valence-electron chi connectivity index (χ0n) is 32.3. The summed E-state index contributed by atoms with van der Waals surface area (Å²) in [5, 5.41) is 13.2. The minimum Gasteiger partial charge on any atom is -0.474 e. The molecule has 4 amide bonds. The van der Waals surface area contributed by atoms with Gasteiger partial charge in [-0.3, -0.25) is 29.2 Å². The smallest absolute Gasteiger partial charge is 0.249 e. The molecule has 11 atom stereocenters. The van der Waals surface area contributed by atoms with Crippen LogP contribution in [0.3, 0.4) is 0 Å². The Hall–Kier alpha value is -2.98. The lowest BCUT2D eigenvalue weighted by Crippen LogP contribution is -2.54. The van der Waals surface area contributed by atoms with Crippen molar-refractivity contribution < 1.29 is 28.7 Å². The average Bonchev–Trinajstić information content (AvgIpc) is 3.90. The molecule has 4 unspecified atom stereocenters. The molecular weight excluding hydrogens is 705 g/mol. The van der Waals surface area contributed by atoms with Gasteiger partial charge in [-0.1, -0.05) is 75.2 Å². The van der Waals surface area contributed by atoms with E-state index in [0.717, 1.165) is 11.5 Å². The molecule has 292 valence electrons. The Morgan fingerprint density at radius 2 is 1.33 bits per heavy atom. The standard InChI is InChI=1S/C36H60N8O6S2/c1-11-19(8)27(32(48)38-22(13-3)14-45)42-30(46)24-16-52-36(40-24)26(18(6)7)41-33(49)29-21(10)50-34(44-29)28(20(9)12-2)43-31(47)23-15-51-35(39-23)25(37)17(4)5/h14,17-29H,11-13,15-16,37H2,1-10H3,(H,38,48)(H,41,49)(H,42,46)(H,43,47)/t19?,20-,21+,22-,23?,24?,25+,26+,27-,28?,29-/m0/s1. The molecule has 52 heavy (non-hydrogen) atoms. The van der Waals surface area contributed by atoms with Crippen LogP contribution in [0.4, 0.5) is 0 Å². The Labute approximate surface area is 317 Å². The first-order chi connectivity index (χ1) is 24.6. The summed E-state index contributed by atoms with van der Waals surface area (Å²) in [6, 6.07) is -4.84. The number of nitrogens with two attached hydrogens (primary N) is 1. The summed E-state index contributed by atoms with van der Waals surface area (Å²) in [6.07, 6.45) is 1.95. The fourth-order valence-corrected chi connectivity index (χ4v) is 8.27. The highest BCUT2D eigenvalue weighted by Crippen LogP contribution is 2.27. The third-order valence-electron chi connectivity index (χ3n) is 9.97. The van der Waals surface area contributed by atoms with E-state index < -0.39 is 54.3 Å². The van der Waals surface area contributed by atoms with Crippen molar-refractivity contribution in [2.24, 2.45) is 44.4 Å². The highest BCUT2D eigenvalue weighted by atomic mass is 32.2. The van der Waals surface area contributed by atoms with Crippen LogP contribution in [0.5, 0.6) is 0 Å². The molecule has 3 rings (SSSR count). The number of rotatable bonds is 19. The van der Waals surface area contributed by atoms with Crippen molar-refractivity contribution in [1.29, 1.82) is 0 Å². The maximum absolute atomic E-state index is 13.8. The summed E-state index contributed by atoms with van der Waals surface area (Å²) in [7, 11) is 0. The summed E-state index contributed by atoms with van der Waals surface area (Å²) in [5.41, 5.74) is 6.28. The molecular formula is C36H60N8O6S2. The van der Waals surface area contributed by atoms with Crippen LogP contribution in [0.15, 0.2) is 15.0 Å². The minimum atomic E-state index is -0.852. The van der Waals surface area contributed by atoms with Gasteiger partial charge in [0.1, 0.15) is 36.6 Å². The normalized spacial score (nSPS) is 25.4. The van der Waals surface area contributed by atoms with Gasteiger partial charge in [0.25, 0.3) is 0 Å². The Morgan fingerprint density at radius 3 is 1.87 bits per heavy atom. The summed E-state index contributed by atoms with van der Waals surface area (Å²) in [5.74, 6) is -0.219. The lowest BCUT2D eigenvalue weighted by molar-refractivity contribution is -0.131. The number of nitrogens with zero attached hydrogens (tertiary/aromatic N) is 3. The molecule has 0 radical (unpaired) electrons. The topological polar surface area (TPSA) is 206 Å². The number of amides is 4. The van der Waals surface area contributed by atoms with Crippen LogP contribution < -0.4 is 27.0 Å². The van der Waals surface area contributed by atoms with Crippen LogP contribution >= 0.6 is 23.5 Å². The van der Waals surface area contributed by atoms with Crippen molar-refractivity contribution in [3.8, 4) is 0 Å². The summed E-state index contributed by atoms with van der Waals surface area (Å²) in [4.78, 5) is 78.9. The molecule has 0 aromatic carbocycles.